The van der Waals surface area contributed by atoms with Gasteiger partial charge in [-0.2, -0.15) is 9.78 Å². The topological polar surface area (TPSA) is 109 Å². The van der Waals surface area contributed by atoms with Crippen LogP contribution in [0.5, 0.6) is 5.75 Å². The summed E-state index contributed by atoms with van der Waals surface area (Å²) in [5.41, 5.74) is 3.35. The second kappa shape index (κ2) is 10.6. The molecule has 0 bridgehead atoms. The van der Waals surface area contributed by atoms with Crippen LogP contribution < -0.4 is 10.6 Å². The fourth-order valence-electron chi connectivity index (χ4n) is 4.11. The lowest BCUT2D eigenvalue weighted by Crippen LogP contribution is -2.31. The third-order valence-electron chi connectivity index (χ3n) is 6.34. The Balaban J connectivity index is 1.36. The summed E-state index contributed by atoms with van der Waals surface area (Å²) in [5, 5.41) is 21.8. The zero-order valence-electron chi connectivity index (χ0n) is 19.6. The zero-order valence-corrected chi connectivity index (χ0v) is 21.1. The molecule has 0 radical (unpaired) electrons. The minimum atomic E-state index is -0.376. The summed E-state index contributed by atoms with van der Waals surface area (Å²) in [6.45, 7) is 0.256. The van der Waals surface area contributed by atoms with Gasteiger partial charge < -0.3 is 15.7 Å². The largest absolute Gasteiger partial charge is 0.507 e. The number of halogens is 2. The van der Waals surface area contributed by atoms with E-state index in [1.165, 1.54) is 16.9 Å². The summed E-state index contributed by atoms with van der Waals surface area (Å²) in [4.78, 5) is 29.4. The van der Waals surface area contributed by atoms with E-state index in [2.05, 4.69) is 20.7 Å². The van der Waals surface area contributed by atoms with Crippen molar-refractivity contribution >= 4 is 40.8 Å². The normalized spacial score (nSPS) is 13.1. The van der Waals surface area contributed by atoms with E-state index in [0.717, 1.165) is 30.5 Å². The molecule has 37 heavy (non-hydrogen) atoms. The van der Waals surface area contributed by atoms with Crippen LogP contribution in [0.1, 0.15) is 46.8 Å². The predicted octanol–water partition coefficient (Wildman–Crippen LogP) is 6.24. The molecule has 2 aromatic heterocycles. The molecule has 5 rings (SSSR count). The maximum absolute atomic E-state index is 13.1. The van der Waals surface area contributed by atoms with Gasteiger partial charge >= 0.3 is 6.03 Å². The molecular formula is C27H23Cl2N5O3. The zero-order chi connectivity index (χ0) is 25.9. The Kier molecular flexibility index (Phi) is 7.12. The van der Waals surface area contributed by atoms with Crippen LogP contribution in [-0.2, 0) is 6.54 Å². The number of benzene rings is 2. The van der Waals surface area contributed by atoms with Gasteiger partial charge in [0.2, 0.25) is 0 Å². The quantitative estimate of drug-likeness (QED) is 0.271. The van der Waals surface area contributed by atoms with Crippen LogP contribution in [0.4, 0.5) is 10.5 Å². The number of aromatic hydroxyl groups is 1. The number of hydrogen-bond donors (Lipinski definition) is 3. The molecule has 1 saturated carbocycles. The van der Waals surface area contributed by atoms with Crippen molar-refractivity contribution in [3.05, 3.63) is 93.9 Å². The highest BCUT2D eigenvalue weighted by atomic mass is 35.5. The van der Waals surface area contributed by atoms with Gasteiger partial charge in [-0.25, -0.2) is 4.79 Å². The first-order valence-corrected chi connectivity index (χ1v) is 12.5. The van der Waals surface area contributed by atoms with E-state index in [9.17, 15) is 14.7 Å². The molecule has 0 spiro atoms. The highest BCUT2D eigenvalue weighted by Gasteiger charge is 2.27. The number of phenolic OH excluding ortho intramolecular Hbond substituents is 1. The molecular weight excluding hydrogens is 513 g/mol. The standard InChI is InChI=1S/C27H23Cl2N5O3/c28-21-9-6-16(11-22(21)29)14-31-27(37)34-24(17-3-1-4-17)13-23(33-34)20-8-7-19(12-25(20)35)32-26(36)18-5-2-10-30-15-18/h2,5-13,15,17,35H,1,3-4,14H2,(H,31,37)(H,32,36). The average Bonchev–Trinajstić information content (AvgIpc) is 3.28. The monoisotopic (exact) mass is 535 g/mol. The van der Waals surface area contributed by atoms with Gasteiger partial charge in [-0.15, -0.1) is 0 Å². The Bertz CT molecular complexity index is 1470. The van der Waals surface area contributed by atoms with E-state index in [1.807, 2.05) is 6.07 Å². The Morgan fingerprint density at radius 2 is 1.89 bits per heavy atom. The number of anilines is 1. The SMILES string of the molecule is O=C(Nc1ccc(-c2cc(C3CCC3)n(C(=O)NCc3ccc(Cl)c(Cl)c3)n2)c(O)c1)c1cccnc1. The Labute approximate surface area is 223 Å². The number of phenols is 1. The molecule has 0 saturated heterocycles. The number of hydrogen-bond acceptors (Lipinski definition) is 5. The molecule has 188 valence electrons. The van der Waals surface area contributed by atoms with Gasteiger partial charge in [-0.05, 0) is 60.9 Å². The highest BCUT2D eigenvalue weighted by molar-refractivity contribution is 6.42. The number of aromatic nitrogens is 3. The number of carbonyl (C=O) groups excluding carboxylic acids is 2. The molecule has 1 fully saturated rings. The number of nitrogens with one attached hydrogen (secondary N) is 2. The Hall–Kier alpha value is -3.88. The van der Waals surface area contributed by atoms with Crippen molar-refractivity contribution in [1.29, 1.82) is 0 Å². The van der Waals surface area contributed by atoms with Crippen molar-refractivity contribution in [2.24, 2.45) is 0 Å². The van der Waals surface area contributed by atoms with Crippen LogP contribution in [-0.4, -0.2) is 31.8 Å². The number of carbonyl (C=O) groups is 2. The maximum Gasteiger partial charge on any atom is 0.342 e. The first kappa shape index (κ1) is 24.8. The van der Waals surface area contributed by atoms with Crippen molar-refractivity contribution in [1.82, 2.24) is 20.1 Å². The second-order valence-electron chi connectivity index (χ2n) is 8.83. The summed E-state index contributed by atoms with van der Waals surface area (Å²) < 4.78 is 1.37. The number of pyridine rings is 1. The fourth-order valence-corrected chi connectivity index (χ4v) is 4.43. The van der Waals surface area contributed by atoms with Crippen LogP contribution in [0.25, 0.3) is 11.3 Å². The van der Waals surface area contributed by atoms with E-state index in [1.54, 1.807) is 48.7 Å². The van der Waals surface area contributed by atoms with Crippen molar-refractivity contribution < 1.29 is 14.7 Å². The van der Waals surface area contributed by atoms with Gasteiger partial charge in [0.15, 0.2) is 0 Å². The average molecular weight is 536 g/mol. The third kappa shape index (κ3) is 5.45. The van der Waals surface area contributed by atoms with E-state index in [0.29, 0.717) is 32.6 Å². The second-order valence-corrected chi connectivity index (χ2v) is 9.64. The van der Waals surface area contributed by atoms with Crippen LogP contribution in [0, 0.1) is 0 Å². The summed E-state index contributed by atoms with van der Waals surface area (Å²) in [5.74, 6) is -0.183. The minimum absolute atomic E-state index is 0.0648. The number of amides is 2. The van der Waals surface area contributed by atoms with Gasteiger partial charge in [0.05, 0.1) is 27.0 Å². The lowest BCUT2D eigenvalue weighted by molar-refractivity contribution is 0.102. The van der Waals surface area contributed by atoms with Gasteiger partial charge in [-0.3, -0.25) is 9.78 Å². The number of rotatable bonds is 6. The molecule has 0 atom stereocenters. The first-order chi connectivity index (χ1) is 17.9. The molecule has 1 aliphatic rings. The van der Waals surface area contributed by atoms with E-state index in [4.69, 9.17) is 23.2 Å². The van der Waals surface area contributed by atoms with E-state index >= 15 is 0 Å². The molecule has 0 unspecified atom stereocenters. The molecule has 0 aliphatic heterocycles. The summed E-state index contributed by atoms with van der Waals surface area (Å²) in [6, 6.07) is 14.8. The van der Waals surface area contributed by atoms with Crippen molar-refractivity contribution in [2.75, 3.05) is 5.32 Å². The van der Waals surface area contributed by atoms with Gasteiger partial charge in [0, 0.05) is 42.2 Å². The van der Waals surface area contributed by atoms with Crippen LogP contribution >= 0.6 is 23.2 Å². The molecule has 8 nitrogen and oxygen atoms in total. The van der Waals surface area contributed by atoms with Gasteiger partial charge in [0.1, 0.15) is 5.75 Å². The predicted molar refractivity (Wildman–Crippen MR) is 142 cm³/mol. The van der Waals surface area contributed by atoms with Crippen LogP contribution in [0.2, 0.25) is 10.0 Å². The smallest absolute Gasteiger partial charge is 0.342 e. The molecule has 1 aliphatic carbocycles. The Morgan fingerprint density at radius 1 is 1.05 bits per heavy atom. The minimum Gasteiger partial charge on any atom is -0.507 e. The van der Waals surface area contributed by atoms with Gasteiger partial charge in [0.25, 0.3) is 5.91 Å². The summed E-state index contributed by atoms with van der Waals surface area (Å²) >= 11 is 12.1. The lowest BCUT2D eigenvalue weighted by Gasteiger charge is -2.25. The van der Waals surface area contributed by atoms with Crippen molar-refractivity contribution in [3.8, 4) is 17.0 Å². The van der Waals surface area contributed by atoms with E-state index < -0.39 is 0 Å². The molecule has 10 heteroatoms. The summed E-state index contributed by atoms with van der Waals surface area (Å²) in [7, 11) is 0. The van der Waals surface area contributed by atoms with Crippen molar-refractivity contribution in [3.63, 3.8) is 0 Å². The molecule has 2 heterocycles. The first-order valence-electron chi connectivity index (χ1n) is 11.8. The summed E-state index contributed by atoms with van der Waals surface area (Å²) in [6.07, 6.45) is 6.08. The van der Waals surface area contributed by atoms with E-state index in [-0.39, 0.29) is 30.2 Å². The molecule has 2 amide bonds. The van der Waals surface area contributed by atoms with Gasteiger partial charge in [-0.1, -0.05) is 35.7 Å². The molecule has 3 N–H and O–H groups in total. The maximum atomic E-state index is 13.1. The molecule has 2 aromatic carbocycles. The van der Waals surface area contributed by atoms with Crippen molar-refractivity contribution in [2.45, 2.75) is 31.7 Å². The lowest BCUT2D eigenvalue weighted by atomic mass is 9.82. The van der Waals surface area contributed by atoms with Crippen LogP contribution in [0.3, 0.4) is 0 Å². The fraction of sp³-hybridized carbons (Fsp3) is 0.185. The molecule has 4 aromatic rings. The Morgan fingerprint density at radius 3 is 2.57 bits per heavy atom. The number of nitrogens with zero attached hydrogens (tertiary/aromatic N) is 3. The highest BCUT2D eigenvalue weighted by Crippen LogP contribution is 2.39. The van der Waals surface area contributed by atoms with Crippen LogP contribution in [0.15, 0.2) is 67.0 Å². The third-order valence-corrected chi connectivity index (χ3v) is 7.07.